The van der Waals surface area contributed by atoms with Crippen LogP contribution in [0.25, 0.3) is 0 Å². The van der Waals surface area contributed by atoms with Crippen LogP contribution < -0.4 is 0 Å². The van der Waals surface area contributed by atoms with Crippen LogP contribution in [0, 0.1) is 0 Å². The predicted octanol–water partition coefficient (Wildman–Crippen LogP) is -0.442. The SMILES string of the molecule is [B][C@@H]1OCC(OC)[C@@H]1OCCOC. The van der Waals surface area contributed by atoms with Crippen molar-refractivity contribution in [1.82, 2.24) is 0 Å². The van der Waals surface area contributed by atoms with E-state index in [0.717, 1.165) is 0 Å². The Kier molecular flexibility index (Phi) is 4.73. The molecule has 3 atom stereocenters. The third-order valence-corrected chi connectivity index (χ3v) is 2.04. The van der Waals surface area contributed by atoms with Crippen LogP contribution in [0.2, 0.25) is 0 Å². The average molecular weight is 186 g/mol. The summed E-state index contributed by atoms with van der Waals surface area (Å²) in [5.41, 5.74) is 0. The molecule has 0 amide bonds. The maximum absolute atomic E-state index is 5.66. The topological polar surface area (TPSA) is 36.9 Å². The van der Waals surface area contributed by atoms with Gasteiger partial charge in [-0.05, 0) is 0 Å². The number of hydrogen-bond acceptors (Lipinski definition) is 4. The lowest BCUT2D eigenvalue weighted by Crippen LogP contribution is -2.35. The summed E-state index contributed by atoms with van der Waals surface area (Å²) in [6.45, 7) is 1.56. The van der Waals surface area contributed by atoms with Crippen molar-refractivity contribution >= 4 is 7.85 Å². The highest BCUT2D eigenvalue weighted by Gasteiger charge is 2.34. The van der Waals surface area contributed by atoms with Crippen molar-refractivity contribution in [2.24, 2.45) is 0 Å². The summed E-state index contributed by atoms with van der Waals surface area (Å²) in [5.74, 6) is 0. The molecule has 1 rings (SSSR count). The summed E-state index contributed by atoms with van der Waals surface area (Å²) in [7, 11) is 8.91. The van der Waals surface area contributed by atoms with Gasteiger partial charge in [-0.3, -0.25) is 0 Å². The van der Waals surface area contributed by atoms with E-state index in [9.17, 15) is 0 Å². The molecule has 0 aromatic rings. The number of methoxy groups -OCH3 is 2. The third kappa shape index (κ3) is 2.95. The molecule has 0 bridgehead atoms. The van der Waals surface area contributed by atoms with E-state index in [1.165, 1.54) is 0 Å². The summed E-state index contributed by atoms with van der Waals surface area (Å²) in [5, 5.41) is 0. The van der Waals surface area contributed by atoms with Gasteiger partial charge in [-0.2, -0.15) is 0 Å². The normalized spacial score (nSPS) is 33.8. The predicted molar refractivity (Wildman–Crippen MR) is 47.9 cm³/mol. The van der Waals surface area contributed by atoms with Gasteiger partial charge in [-0.25, -0.2) is 0 Å². The second-order valence-electron chi connectivity index (χ2n) is 2.90. The highest BCUT2D eigenvalue weighted by Crippen LogP contribution is 2.17. The molecule has 0 saturated carbocycles. The summed E-state index contributed by atoms with van der Waals surface area (Å²) in [4.78, 5) is 0. The minimum absolute atomic E-state index is 0.0631. The Labute approximate surface area is 79.9 Å². The first-order valence-corrected chi connectivity index (χ1v) is 4.30. The molecule has 1 aliphatic heterocycles. The first-order valence-electron chi connectivity index (χ1n) is 4.30. The van der Waals surface area contributed by atoms with Gasteiger partial charge >= 0.3 is 0 Å². The Bertz CT molecular complexity index is 144. The molecular formula is C8H15BO4. The van der Waals surface area contributed by atoms with Crippen molar-refractivity contribution < 1.29 is 18.9 Å². The van der Waals surface area contributed by atoms with Crippen LogP contribution in [0.15, 0.2) is 0 Å². The quantitative estimate of drug-likeness (QED) is 0.430. The average Bonchev–Trinajstić information content (AvgIpc) is 2.48. The van der Waals surface area contributed by atoms with E-state index >= 15 is 0 Å². The van der Waals surface area contributed by atoms with Gasteiger partial charge in [-0.15, -0.1) is 0 Å². The molecular weight excluding hydrogens is 171 g/mol. The Morgan fingerprint density at radius 2 is 2.15 bits per heavy atom. The van der Waals surface area contributed by atoms with Gasteiger partial charge in [0.1, 0.15) is 20.1 Å². The Hall–Kier alpha value is -0.0951. The Morgan fingerprint density at radius 3 is 2.77 bits per heavy atom. The van der Waals surface area contributed by atoms with Gasteiger partial charge in [-0.1, -0.05) is 0 Å². The van der Waals surface area contributed by atoms with Gasteiger partial charge in [0.2, 0.25) is 0 Å². The molecule has 0 aromatic carbocycles. The molecule has 74 valence electrons. The molecule has 0 aromatic heterocycles. The lowest BCUT2D eigenvalue weighted by atomic mass is 9.93. The minimum atomic E-state index is -0.387. The molecule has 5 heteroatoms. The standard InChI is InChI=1S/C8H15BO4/c1-10-3-4-12-7-6(11-2)5-13-8(7)9/h6-8H,3-5H2,1-2H3/t6?,7-,8+/m0/s1. The monoisotopic (exact) mass is 186 g/mol. The van der Waals surface area contributed by atoms with Gasteiger partial charge < -0.3 is 18.9 Å². The highest BCUT2D eigenvalue weighted by atomic mass is 16.6. The van der Waals surface area contributed by atoms with Crippen molar-refractivity contribution in [3.63, 3.8) is 0 Å². The molecule has 0 spiro atoms. The Morgan fingerprint density at radius 1 is 1.38 bits per heavy atom. The number of hydrogen-bond donors (Lipinski definition) is 0. The van der Waals surface area contributed by atoms with E-state index in [4.69, 9.17) is 26.8 Å². The van der Waals surface area contributed by atoms with E-state index in [1.54, 1.807) is 14.2 Å². The molecule has 1 heterocycles. The van der Waals surface area contributed by atoms with Crippen LogP contribution in [0.1, 0.15) is 0 Å². The lowest BCUT2D eigenvalue weighted by Gasteiger charge is -2.20. The summed E-state index contributed by atoms with van der Waals surface area (Å²) in [6.07, 6.45) is -0.244. The third-order valence-electron chi connectivity index (χ3n) is 2.04. The Balaban J connectivity index is 2.27. The second kappa shape index (κ2) is 5.60. The van der Waals surface area contributed by atoms with E-state index in [1.807, 2.05) is 0 Å². The van der Waals surface area contributed by atoms with Crippen molar-refractivity contribution in [2.45, 2.75) is 18.2 Å². The van der Waals surface area contributed by atoms with Gasteiger partial charge in [0.25, 0.3) is 0 Å². The second-order valence-corrected chi connectivity index (χ2v) is 2.90. The molecule has 13 heavy (non-hydrogen) atoms. The number of ether oxygens (including phenoxy) is 4. The van der Waals surface area contributed by atoms with Crippen LogP contribution in [0.4, 0.5) is 0 Å². The van der Waals surface area contributed by atoms with Crippen LogP contribution >= 0.6 is 0 Å². The summed E-state index contributed by atoms with van der Waals surface area (Å²) in [6, 6.07) is -0.387. The lowest BCUT2D eigenvalue weighted by molar-refractivity contribution is -0.0481. The van der Waals surface area contributed by atoms with Gasteiger partial charge in [0.15, 0.2) is 0 Å². The summed E-state index contributed by atoms with van der Waals surface area (Å²) < 4.78 is 20.7. The maximum atomic E-state index is 5.66. The zero-order valence-corrected chi connectivity index (χ0v) is 8.06. The summed E-state index contributed by atoms with van der Waals surface area (Å²) >= 11 is 0. The zero-order valence-electron chi connectivity index (χ0n) is 8.06. The molecule has 0 aliphatic carbocycles. The van der Waals surface area contributed by atoms with Crippen molar-refractivity contribution in [3.8, 4) is 0 Å². The number of rotatable bonds is 5. The van der Waals surface area contributed by atoms with E-state index in [0.29, 0.717) is 19.8 Å². The molecule has 2 radical (unpaired) electrons. The van der Waals surface area contributed by atoms with Crippen LogP contribution in [0.3, 0.4) is 0 Å². The first-order chi connectivity index (χ1) is 6.29. The molecule has 1 saturated heterocycles. The van der Waals surface area contributed by atoms with Crippen molar-refractivity contribution in [2.75, 3.05) is 34.0 Å². The fraction of sp³-hybridized carbons (Fsp3) is 1.00. The largest absolute Gasteiger partial charge is 0.382 e. The van der Waals surface area contributed by atoms with E-state index in [2.05, 4.69) is 0 Å². The first kappa shape index (κ1) is 11.0. The van der Waals surface area contributed by atoms with E-state index in [-0.39, 0.29) is 18.2 Å². The van der Waals surface area contributed by atoms with Crippen molar-refractivity contribution in [1.29, 1.82) is 0 Å². The van der Waals surface area contributed by atoms with Crippen LogP contribution in [-0.4, -0.2) is 60.1 Å². The molecule has 1 fully saturated rings. The molecule has 4 nitrogen and oxygen atoms in total. The molecule has 1 aliphatic rings. The smallest absolute Gasteiger partial charge is 0.112 e. The highest BCUT2D eigenvalue weighted by molar-refractivity contribution is 6.11. The molecule has 0 N–H and O–H groups in total. The van der Waals surface area contributed by atoms with Crippen LogP contribution in [-0.2, 0) is 18.9 Å². The fourth-order valence-electron chi connectivity index (χ4n) is 1.28. The van der Waals surface area contributed by atoms with Crippen molar-refractivity contribution in [3.05, 3.63) is 0 Å². The zero-order chi connectivity index (χ0) is 9.68. The fourth-order valence-corrected chi connectivity index (χ4v) is 1.28. The van der Waals surface area contributed by atoms with E-state index < -0.39 is 0 Å². The van der Waals surface area contributed by atoms with Crippen LogP contribution in [0.5, 0.6) is 0 Å². The molecule has 1 unspecified atom stereocenters. The maximum Gasteiger partial charge on any atom is 0.112 e. The van der Waals surface area contributed by atoms with Gasteiger partial charge in [0, 0.05) is 20.2 Å². The minimum Gasteiger partial charge on any atom is -0.382 e. The van der Waals surface area contributed by atoms with Gasteiger partial charge in [0.05, 0.1) is 19.8 Å².